The quantitative estimate of drug-likeness (QED) is 0.835. The summed E-state index contributed by atoms with van der Waals surface area (Å²) in [6.07, 6.45) is 1.01. The first kappa shape index (κ1) is 14.3. The number of hydrogen-bond acceptors (Lipinski definition) is 3. The molecule has 2 aromatic carbocycles. The summed E-state index contributed by atoms with van der Waals surface area (Å²) >= 11 is 0. The van der Waals surface area contributed by atoms with Gasteiger partial charge < -0.3 is 15.2 Å². The predicted molar refractivity (Wildman–Crippen MR) is 82.4 cm³/mol. The molecule has 0 radical (unpaired) electrons. The number of benzene rings is 2. The molecule has 0 aromatic heterocycles. The number of rotatable bonds is 6. The van der Waals surface area contributed by atoms with Crippen molar-refractivity contribution in [3.8, 4) is 11.5 Å². The molecular formula is C17H21NO2. The average molecular weight is 271 g/mol. The summed E-state index contributed by atoms with van der Waals surface area (Å²) in [7, 11) is 0. The predicted octanol–water partition coefficient (Wildman–Crippen LogP) is 3.97. The first-order valence-corrected chi connectivity index (χ1v) is 7.01. The molecule has 3 nitrogen and oxygen atoms in total. The van der Waals surface area contributed by atoms with Crippen LogP contribution in [0.4, 0.5) is 5.69 Å². The van der Waals surface area contributed by atoms with Crippen molar-refractivity contribution in [3.63, 3.8) is 0 Å². The van der Waals surface area contributed by atoms with E-state index in [0.717, 1.165) is 17.7 Å². The molecule has 0 spiro atoms. The highest BCUT2D eigenvalue weighted by Gasteiger charge is 2.07. The van der Waals surface area contributed by atoms with Crippen molar-refractivity contribution in [3.05, 3.63) is 53.6 Å². The van der Waals surface area contributed by atoms with E-state index >= 15 is 0 Å². The van der Waals surface area contributed by atoms with Crippen molar-refractivity contribution in [2.75, 3.05) is 11.9 Å². The molecule has 2 N–H and O–H groups in total. The smallest absolute Gasteiger partial charge is 0.162 e. The van der Waals surface area contributed by atoms with Crippen molar-refractivity contribution in [2.24, 2.45) is 0 Å². The maximum atomic E-state index is 10.1. The summed E-state index contributed by atoms with van der Waals surface area (Å²) in [4.78, 5) is 0. The van der Waals surface area contributed by atoms with Gasteiger partial charge in [-0.2, -0.15) is 0 Å². The van der Waals surface area contributed by atoms with Crippen LogP contribution in [0.25, 0.3) is 0 Å². The van der Waals surface area contributed by atoms with E-state index in [1.165, 1.54) is 5.56 Å². The van der Waals surface area contributed by atoms with Gasteiger partial charge in [-0.05, 0) is 37.1 Å². The third-order valence-electron chi connectivity index (χ3n) is 3.20. The lowest BCUT2D eigenvalue weighted by Crippen LogP contribution is -2.01. The zero-order valence-corrected chi connectivity index (χ0v) is 12.0. The van der Waals surface area contributed by atoms with Gasteiger partial charge in [-0.25, -0.2) is 0 Å². The largest absolute Gasteiger partial charge is 0.504 e. The monoisotopic (exact) mass is 271 g/mol. The fraction of sp³-hybridized carbons (Fsp3) is 0.294. The lowest BCUT2D eigenvalue weighted by molar-refractivity contribution is 0.317. The number of anilines is 1. The average Bonchev–Trinajstić information content (AvgIpc) is 2.48. The second-order valence-corrected chi connectivity index (χ2v) is 4.60. The van der Waals surface area contributed by atoms with Crippen LogP contribution in [0.2, 0.25) is 0 Å². The minimum absolute atomic E-state index is 0.216. The molecule has 0 saturated heterocycles. The lowest BCUT2D eigenvalue weighted by atomic mass is 10.1. The number of aryl methyl sites for hydroxylation is 1. The van der Waals surface area contributed by atoms with Crippen LogP contribution in [0.3, 0.4) is 0 Å². The Kier molecular flexibility index (Phi) is 4.88. The van der Waals surface area contributed by atoms with E-state index in [-0.39, 0.29) is 5.75 Å². The summed E-state index contributed by atoms with van der Waals surface area (Å²) < 4.78 is 5.39. The minimum Gasteiger partial charge on any atom is -0.504 e. The molecule has 0 bridgehead atoms. The zero-order valence-electron chi connectivity index (χ0n) is 12.0. The van der Waals surface area contributed by atoms with E-state index in [0.29, 0.717) is 18.9 Å². The third-order valence-corrected chi connectivity index (χ3v) is 3.20. The molecule has 0 unspecified atom stereocenters. The molecule has 2 rings (SSSR count). The molecule has 0 amide bonds. The standard InChI is InChI=1S/C17H21NO2/c1-3-13-7-5-9-15(11-13)18-12-14-8-6-10-16(17(14)19)20-4-2/h5-11,18-19H,3-4,12H2,1-2H3. The van der Waals surface area contributed by atoms with Crippen molar-refractivity contribution < 1.29 is 9.84 Å². The summed E-state index contributed by atoms with van der Waals surface area (Å²) in [5.41, 5.74) is 3.19. The van der Waals surface area contributed by atoms with Gasteiger partial charge in [-0.15, -0.1) is 0 Å². The van der Waals surface area contributed by atoms with Crippen LogP contribution in [-0.4, -0.2) is 11.7 Å². The van der Waals surface area contributed by atoms with Crippen molar-refractivity contribution in [2.45, 2.75) is 26.8 Å². The highest BCUT2D eigenvalue weighted by Crippen LogP contribution is 2.30. The number of phenolic OH excluding ortho intramolecular Hbond substituents is 1. The van der Waals surface area contributed by atoms with E-state index in [1.807, 2.05) is 31.2 Å². The van der Waals surface area contributed by atoms with Gasteiger partial charge in [0.05, 0.1) is 6.61 Å². The van der Waals surface area contributed by atoms with E-state index in [2.05, 4.69) is 24.4 Å². The molecular weight excluding hydrogens is 250 g/mol. The molecule has 0 aliphatic rings. The van der Waals surface area contributed by atoms with Crippen LogP contribution in [0, 0.1) is 0 Å². The Balaban J connectivity index is 2.08. The number of nitrogens with one attached hydrogen (secondary N) is 1. The van der Waals surface area contributed by atoms with Gasteiger partial charge in [0.15, 0.2) is 11.5 Å². The van der Waals surface area contributed by atoms with Crippen LogP contribution >= 0.6 is 0 Å². The second-order valence-electron chi connectivity index (χ2n) is 4.60. The van der Waals surface area contributed by atoms with E-state index in [1.54, 1.807) is 6.07 Å². The van der Waals surface area contributed by atoms with Gasteiger partial charge in [0, 0.05) is 17.8 Å². The van der Waals surface area contributed by atoms with Crippen molar-refractivity contribution >= 4 is 5.69 Å². The van der Waals surface area contributed by atoms with E-state index in [4.69, 9.17) is 4.74 Å². The summed E-state index contributed by atoms with van der Waals surface area (Å²) in [5.74, 6) is 0.752. The van der Waals surface area contributed by atoms with Gasteiger partial charge in [0.2, 0.25) is 0 Å². The third kappa shape index (κ3) is 3.44. The van der Waals surface area contributed by atoms with Crippen LogP contribution in [-0.2, 0) is 13.0 Å². The normalized spacial score (nSPS) is 10.3. The van der Waals surface area contributed by atoms with Gasteiger partial charge in [0.25, 0.3) is 0 Å². The molecule has 0 heterocycles. The van der Waals surface area contributed by atoms with Crippen molar-refractivity contribution in [1.82, 2.24) is 0 Å². The first-order chi connectivity index (χ1) is 9.74. The minimum atomic E-state index is 0.216. The fourth-order valence-electron chi connectivity index (χ4n) is 2.08. The number of para-hydroxylation sites is 1. The van der Waals surface area contributed by atoms with Crippen LogP contribution in [0.5, 0.6) is 11.5 Å². The Morgan fingerprint density at radius 1 is 1.10 bits per heavy atom. The molecule has 0 atom stereocenters. The number of hydrogen-bond donors (Lipinski definition) is 2. The van der Waals surface area contributed by atoms with Gasteiger partial charge >= 0.3 is 0 Å². The highest BCUT2D eigenvalue weighted by atomic mass is 16.5. The molecule has 106 valence electrons. The maximum absolute atomic E-state index is 10.1. The maximum Gasteiger partial charge on any atom is 0.162 e. The topological polar surface area (TPSA) is 41.5 Å². The van der Waals surface area contributed by atoms with Crippen LogP contribution in [0.1, 0.15) is 25.0 Å². The Morgan fingerprint density at radius 3 is 2.65 bits per heavy atom. The Hall–Kier alpha value is -2.16. The lowest BCUT2D eigenvalue weighted by Gasteiger charge is -2.12. The fourth-order valence-corrected chi connectivity index (χ4v) is 2.08. The van der Waals surface area contributed by atoms with Crippen LogP contribution in [0.15, 0.2) is 42.5 Å². The molecule has 0 fully saturated rings. The first-order valence-electron chi connectivity index (χ1n) is 7.01. The van der Waals surface area contributed by atoms with Crippen LogP contribution < -0.4 is 10.1 Å². The van der Waals surface area contributed by atoms with Gasteiger partial charge in [-0.3, -0.25) is 0 Å². The SMILES string of the molecule is CCOc1cccc(CNc2cccc(CC)c2)c1O. The summed E-state index contributed by atoms with van der Waals surface area (Å²) in [5, 5.41) is 13.5. The summed E-state index contributed by atoms with van der Waals surface area (Å²) in [6, 6.07) is 13.9. The number of aromatic hydroxyl groups is 1. The van der Waals surface area contributed by atoms with E-state index < -0.39 is 0 Å². The van der Waals surface area contributed by atoms with Gasteiger partial charge in [0.1, 0.15) is 0 Å². The van der Waals surface area contributed by atoms with Crippen molar-refractivity contribution in [1.29, 1.82) is 0 Å². The molecule has 0 aliphatic heterocycles. The number of phenols is 1. The van der Waals surface area contributed by atoms with E-state index in [9.17, 15) is 5.11 Å². The molecule has 3 heteroatoms. The highest BCUT2D eigenvalue weighted by molar-refractivity contribution is 5.50. The second kappa shape index (κ2) is 6.85. The number of ether oxygens (including phenoxy) is 1. The molecule has 2 aromatic rings. The van der Waals surface area contributed by atoms with Gasteiger partial charge in [-0.1, -0.05) is 31.2 Å². The Bertz CT molecular complexity index is 567. The Morgan fingerprint density at radius 2 is 1.90 bits per heavy atom. The Labute approximate surface area is 120 Å². The zero-order chi connectivity index (χ0) is 14.4. The molecule has 20 heavy (non-hydrogen) atoms. The molecule has 0 saturated carbocycles. The summed E-state index contributed by atoms with van der Waals surface area (Å²) in [6.45, 7) is 5.15. The molecule has 0 aliphatic carbocycles.